The summed E-state index contributed by atoms with van der Waals surface area (Å²) in [6.07, 6.45) is 0. The Morgan fingerprint density at radius 3 is 2.57 bits per heavy atom. The topological polar surface area (TPSA) is 72.6 Å². The van der Waals surface area contributed by atoms with Crippen molar-refractivity contribution in [3.05, 3.63) is 35.9 Å². The lowest BCUT2D eigenvalue weighted by Gasteiger charge is -2.16. The average Bonchev–Trinajstić information content (AvgIpc) is 2.83. The van der Waals surface area contributed by atoms with Crippen molar-refractivity contribution in [1.82, 2.24) is 4.31 Å². The molecule has 1 aliphatic heterocycles. The molecule has 1 aliphatic rings. The molecule has 1 heterocycles. The number of rotatable bonds is 6. The third kappa shape index (κ3) is 4.66. The van der Waals surface area contributed by atoms with E-state index in [1.165, 1.54) is 4.31 Å². The van der Waals surface area contributed by atoms with Crippen LogP contribution in [0.3, 0.4) is 0 Å². The van der Waals surface area contributed by atoms with Crippen LogP contribution in [0.25, 0.3) is 0 Å². The monoisotopic (exact) mass is 334 g/mol. The van der Waals surface area contributed by atoms with Crippen LogP contribution in [0.2, 0.25) is 0 Å². The van der Waals surface area contributed by atoms with Crippen LogP contribution in [0, 0.1) is 0 Å². The molecule has 1 aromatic carbocycles. The highest BCUT2D eigenvalue weighted by molar-refractivity contribution is 7.89. The molecule has 0 aliphatic carbocycles. The van der Waals surface area contributed by atoms with E-state index in [0.29, 0.717) is 19.7 Å². The Morgan fingerprint density at radius 2 is 1.95 bits per heavy atom. The van der Waals surface area contributed by atoms with Crippen molar-refractivity contribution < 1.29 is 13.2 Å². The highest BCUT2D eigenvalue weighted by Gasteiger charge is 2.37. The Kier molecular flexibility index (Phi) is 7.09. The number of ether oxygens (including phenoxy) is 1. The Labute approximate surface area is 132 Å². The Balaban J connectivity index is 0.00000220. The standard InChI is InChI=1S/C14H22N2O3S.ClH/c1-2-19-8-9-20(17,18)16-10-13(14(15)11-16)12-6-4-3-5-7-12;/h3-7,13-14H,2,8-11,15H2,1H3;1H/t13-,14+;/m0./s1. The summed E-state index contributed by atoms with van der Waals surface area (Å²) in [5, 5.41) is 0. The largest absolute Gasteiger partial charge is 0.381 e. The van der Waals surface area contributed by atoms with E-state index < -0.39 is 10.0 Å². The second-order valence-electron chi connectivity index (χ2n) is 5.01. The van der Waals surface area contributed by atoms with Crippen LogP contribution >= 0.6 is 12.4 Å². The van der Waals surface area contributed by atoms with Crippen molar-refractivity contribution in [2.75, 3.05) is 32.1 Å². The molecule has 5 nitrogen and oxygen atoms in total. The fraction of sp³-hybridized carbons (Fsp3) is 0.571. The molecule has 1 saturated heterocycles. The van der Waals surface area contributed by atoms with E-state index in [2.05, 4.69) is 0 Å². The summed E-state index contributed by atoms with van der Waals surface area (Å²) in [5.41, 5.74) is 7.22. The van der Waals surface area contributed by atoms with Crippen LogP contribution in [-0.4, -0.2) is 50.8 Å². The molecular formula is C14H23ClN2O3S. The van der Waals surface area contributed by atoms with Gasteiger partial charge in [-0.3, -0.25) is 0 Å². The normalized spacial score (nSPS) is 23.0. The average molecular weight is 335 g/mol. The fourth-order valence-electron chi connectivity index (χ4n) is 2.51. The summed E-state index contributed by atoms with van der Waals surface area (Å²) >= 11 is 0. The summed E-state index contributed by atoms with van der Waals surface area (Å²) in [7, 11) is -3.28. The second-order valence-corrected chi connectivity index (χ2v) is 7.10. The molecule has 2 atom stereocenters. The molecule has 0 amide bonds. The van der Waals surface area contributed by atoms with Gasteiger partial charge in [-0.2, -0.15) is 4.31 Å². The predicted molar refractivity (Wildman–Crippen MR) is 86.3 cm³/mol. The molecule has 2 N–H and O–H groups in total. The molecule has 0 radical (unpaired) electrons. The molecule has 120 valence electrons. The van der Waals surface area contributed by atoms with Gasteiger partial charge in [0, 0.05) is 31.7 Å². The molecule has 0 spiro atoms. The number of halogens is 1. The number of hydrogen-bond acceptors (Lipinski definition) is 4. The van der Waals surface area contributed by atoms with Crippen molar-refractivity contribution in [3.8, 4) is 0 Å². The van der Waals surface area contributed by atoms with E-state index >= 15 is 0 Å². The summed E-state index contributed by atoms with van der Waals surface area (Å²) in [5.74, 6) is 0.0905. The zero-order valence-electron chi connectivity index (χ0n) is 12.1. The van der Waals surface area contributed by atoms with Gasteiger partial charge in [-0.1, -0.05) is 30.3 Å². The van der Waals surface area contributed by atoms with E-state index in [9.17, 15) is 8.42 Å². The van der Waals surface area contributed by atoms with Crippen molar-refractivity contribution in [2.24, 2.45) is 5.73 Å². The number of benzene rings is 1. The van der Waals surface area contributed by atoms with E-state index in [1.54, 1.807) is 0 Å². The second kappa shape index (κ2) is 8.10. The van der Waals surface area contributed by atoms with Crippen LogP contribution in [0.5, 0.6) is 0 Å². The quantitative estimate of drug-likeness (QED) is 0.793. The first kappa shape index (κ1) is 18.4. The smallest absolute Gasteiger partial charge is 0.216 e. The molecule has 0 aromatic heterocycles. The molecule has 0 bridgehead atoms. The molecule has 21 heavy (non-hydrogen) atoms. The molecule has 1 aromatic rings. The van der Waals surface area contributed by atoms with E-state index in [4.69, 9.17) is 10.5 Å². The maximum absolute atomic E-state index is 12.2. The Hall–Kier alpha value is -0.660. The van der Waals surface area contributed by atoms with Crippen LogP contribution in [-0.2, 0) is 14.8 Å². The highest BCUT2D eigenvalue weighted by Crippen LogP contribution is 2.28. The van der Waals surface area contributed by atoms with Gasteiger partial charge in [-0.15, -0.1) is 12.4 Å². The third-order valence-corrected chi connectivity index (χ3v) is 5.41. The van der Waals surface area contributed by atoms with Gasteiger partial charge in [-0.05, 0) is 12.5 Å². The van der Waals surface area contributed by atoms with Crippen molar-refractivity contribution in [1.29, 1.82) is 0 Å². The molecule has 0 unspecified atom stereocenters. The minimum atomic E-state index is -3.28. The van der Waals surface area contributed by atoms with Crippen molar-refractivity contribution >= 4 is 22.4 Å². The summed E-state index contributed by atoms with van der Waals surface area (Å²) in [4.78, 5) is 0. The van der Waals surface area contributed by atoms with Gasteiger partial charge in [0.2, 0.25) is 10.0 Å². The van der Waals surface area contributed by atoms with Gasteiger partial charge in [0.1, 0.15) is 0 Å². The zero-order valence-corrected chi connectivity index (χ0v) is 13.8. The van der Waals surface area contributed by atoms with Gasteiger partial charge in [0.15, 0.2) is 0 Å². The first-order valence-electron chi connectivity index (χ1n) is 6.90. The minimum Gasteiger partial charge on any atom is -0.381 e. The van der Waals surface area contributed by atoms with Gasteiger partial charge < -0.3 is 10.5 Å². The molecule has 1 fully saturated rings. The van der Waals surface area contributed by atoms with Crippen LogP contribution in [0.1, 0.15) is 18.4 Å². The first-order valence-corrected chi connectivity index (χ1v) is 8.51. The predicted octanol–water partition coefficient (Wildman–Crippen LogP) is 1.20. The summed E-state index contributed by atoms with van der Waals surface area (Å²) < 4.78 is 31.1. The number of nitrogens with zero attached hydrogens (tertiary/aromatic N) is 1. The zero-order chi connectivity index (χ0) is 14.6. The molecular weight excluding hydrogens is 312 g/mol. The van der Waals surface area contributed by atoms with Crippen LogP contribution < -0.4 is 5.73 Å². The van der Waals surface area contributed by atoms with Gasteiger partial charge in [0.05, 0.1) is 12.4 Å². The van der Waals surface area contributed by atoms with Crippen LogP contribution in [0.15, 0.2) is 30.3 Å². The minimum absolute atomic E-state index is 0. The first-order chi connectivity index (χ1) is 9.54. The molecule has 2 rings (SSSR count). The third-order valence-electron chi connectivity index (χ3n) is 3.64. The Morgan fingerprint density at radius 1 is 1.29 bits per heavy atom. The van der Waals surface area contributed by atoms with Gasteiger partial charge in [0.25, 0.3) is 0 Å². The van der Waals surface area contributed by atoms with Crippen molar-refractivity contribution in [2.45, 2.75) is 18.9 Å². The fourth-order valence-corrected chi connectivity index (χ4v) is 3.88. The molecule has 7 heteroatoms. The van der Waals surface area contributed by atoms with E-state index in [1.807, 2.05) is 37.3 Å². The summed E-state index contributed by atoms with van der Waals surface area (Å²) in [6.45, 7) is 3.46. The lowest BCUT2D eigenvalue weighted by molar-refractivity contribution is 0.162. The number of sulfonamides is 1. The van der Waals surface area contributed by atoms with Crippen molar-refractivity contribution in [3.63, 3.8) is 0 Å². The SMILES string of the molecule is CCOCCS(=O)(=O)N1C[C@@H](N)[C@H](c2ccccc2)C1.Cl. The number of nitrogens with two attached hydrogens (primary N) is 1. The van der Waals surface area contributed by atoms with Gasteiger partial charge >= 0.3 is 0 Å². The summed E-state index contributed by atoms with van der Waals surface area (Å²) in [6, 6.07) is 9.70. The lowest BCUT2D eigenvalue weighted by Crippen LogP contribution is -2.34. The lowest BCUT2D eigenvalue weighted by atomic mass is 9.95. The highest BCUT2D eigenvalue weighted by atomic mass is 35.5. The number of hydrogen-bond donors (Lipinski definition) is 1. The molecule has 0 saturated carbocycles. The maximum Gasteiger partial charge on any atom is 0.216 e. The van der Waals surface area contributed by atoms with Gasteiger partial charge in [-0.25, -0.2) is 8.42 Å². The van der Waals surface area contributed by atoms with E-state index in [0.717, 1.165) is 5.56 Å². The maximum atomic E-state index is 12.2. The Bertz CT molecular complexity index is 524. The van der Waals surface area contributed by atoms with Crippen LogP contribution in [0.4, 0.5) is 0 Å². The van der Waals surface area contributed by atoms with E-state index in [-0.39, 0.29) is 36.7 Å².